The van der Waals surface area contributed by atoms with E-state index in [1.165, 1.54) is 23.1 Å². The third kappa shape index (κ3) is 5.07. The van der Waals surface area contributed by atoms with Crippen molar-refractivity contribution in [1.82, 2.24) is 10.2 Å². The zero-order chi connectivity index (χ0) is 16.7. The van der Waals surface area contributed by atoms with E-state index >= 15 is 0 Å². The highest BCUT2D eigenvalue weighted by Gasteiger charge is 2.18. The molecule has 0 aliphatic heterocycles. The fourth-order valence-corrected chi connectivity index (χ4v) is 3.33. The summed E-state index contributed by atoms with van der Waals surface area (Å²) in [7, 11) is 0. The summed E-state index contributed by atoms with van der Waals surface area (Å²) in [5.74, 6) is 1.25. The van der Waals surface area contributed by atoms with Gasteiger partial charge in [0.2, 0.25) is 5.13 Å². The Bertz CT molecular complexity index is 673. The molecule has 23 heavy (non-hydrogen) atoms. The van der Waals surface area contributed by atoms with Gasteiger partial charge in [0.1, 0.15) is 5.75 Å². The van der Waals surface area contributed by atoms with Crippen molar-refractivity contribution in [1.29, 1.82) is 0 Å². The number of hydrogen-bond acceptors (Lipinski definition) is 6. The molecule has 5 nitrogen and oxygen atoms in total. The summed E-state index contributed by atoms with van der Waals surface area (Å²) in [5.41, 5.74) is 1.08. The summed E-state index contributed by atoms with van der Waals surface area (Å²) in [5, 5.41) is 11.2. The Labute approximate surface area is 144 Å². The highest BCUT2D eigenvalue weighted by atomic mass is 32.2. The van der Waals surface area contributed by atoms with E-state index in [1.807, 2.05) is 24.3 Å². The number of hydrogen-bond donors (Lipinski definition) is 1. The normalized spacial score (nSPS) is 11.7. The maximum atomic E-state index is 12.2. The number of nitrogens with one attached hydrogen (secondary N) is 1. The van der Waals surface area contributed by atoms with E-state index in [-0.39, 0.29) is 5.91 Å². The zero-order valence-electron chi connectivity index (χ0n) is 13.1. The van der Waals surface area contributed by atoms with Crippen LogP contribution in [-0.2, 0) is 11.2 Å². The predicted octanol–water partition coefficient (Wildman–Crippen LogP) is 3.78. The maximum absolute atomic E-state index is 12.2. The van der Waals surface area contributed by atoms with Crippen molar-refractivity contribution in [3.63, 3.8) is 0 Å². The van der Waals surface area contributed by atoms with E-state index in [0.717, 1.165) is 27.8 Å². The van der Waals surface area contributed by atoms with Gasteiger partial charge in [0, 0.05) is 5.75 Å². The highest BCUT2D eigenvalue weighted by Crippen LogP contribution is 2.26. The predicted molar refractivity (Wildman–Crippen MR) is 95.4 cm³/mol. The third-order valence-electron chi connectivity index (χ3n) is 2.99. The zero-order valence-corrected chi connectivity index (χ0v) is 14.7. The second-order valence-corrected chi connectivity index (χ2v) is 6.93. The molecule has 0 aliphatic rings. The SMILES string of the molecule is C=CCSc1nnc(NC(=O)C(C)Oc2ccccc2CC)s1. The number of anilines is 1. The summed E-state index contributed by atoms with van der Waals surface area (Å²) in [4.78, 5) is 12.2. The number of rotatable bonds is 8. The van der Waals surface area contributed by atoms with Crippen LogP contribution in [0.1, 0.15) is 19.4 Å². The largest absolute Gasteiger partial charge is 0.481 e. The van der Waals surface area contributed by atoms with Crippen molar-refractivity contribution in [2.24, 2.45) is 0 Å². The number of thioether (sulfide) groups is 1. The fraction of sp³-hybridized carbons (Fsp3) is 0.312. The maximum Gasteiger partial charge on any atom is 0.266 e. The Morgan fingerprint density at radius 3 is 3.00 bits per heavy atom. The second-order valence-electron chi connectivity index (χ2n) is 4.68. The number of benzene rings is 1. The number of amides is 1. The summed E-state index contributed by atoms with van der Waals surface area (Å²) in [6.07, 6.45) is 2.03. The van der Waals surface area contributed by atoms with Crippen LogP contribution in [0.4, 0.5) is 5.13 Å². The molecule has 1 unspecified atom stereocenters. The molecule has 0 spiro atoms. The van der Waals surface area contributed by atoms with Gasteiger partial charge in [0.05, 0.1) is 0 Å². The molecule has 0 saturated heterocycles. The Hall–Kier alpha value is -1.86. The summed E-state index contributed by atoms with van der Waals surface area (Å²) >= 11 is 2.87. The van der Waals surface area contributed by atoms with Gasteiger partial charge in [-0.1, -0.05) is 54.3 Å². The van der Waals surface area contributed by atoms with Gasteiger partial charge in [0.25, 0.3) is 5.91 Å². The van der Waals surface area contributed by atoms with Crippen LogP contribution in [-0.4, -0.2) is 28.0 Å². The van der Waals surface area contributed by atoms with E-state index in [2.05, 4.69) is 29.0 Å². The quantitative estimate of drug-likeness (QED) is 0.446. The monoisotopic (exact) mass is 349 g/mol. The molecule has 2 rings (SSSR count). The van der Waals surface area contributed by atoms with Crippen LogP contribution < -0.4 is 10.1 Å². The molecule has 1 aromatic carbocycles. The smallest absolute Gasteiger partial charge is 0.266 e. The first-order chi connectivity index (χ1) is 11.1. The van der Waals surface area contributed by atoms with E-state index < -0.39 is 6.10 Å². The Kier molecular flexibility index (Phi) is 6.61. The lowest BCUT2D eigenvalue weighted by molar-refractivity contribution is -0.122. The number of para-hydroxylation sites is 1. The van der Waals surface area contributed by atoms with Gasteiger partial charge in [-0.05, 0) is 25.0 Å². The molecule has 1 N–H and O–H groups in total. The van der Waals surface area contributed by atoms with Crippen LogP contribution in [0.15, 0.2) is 41.3 Å². The average Bonchev–Trinajstić information content (AvgIpc) is 3.00. The molecule has 122 valence electrons. The minimum absolute atomic E-state index is 0.243. The van der Waals surface area contributed by atoms with Gasteiger partial charge < -0.3 is 4.74 Å². The molecule has 1 aromatic heterocycles. The Morgan fingerprint density at radius 2 is 2.26 bits per heavy atom. The number of aryl methyl sites for hydroxylation is 1. The molecule has 0 aliphatic carbocycles. The van der Waals surface area contributed by atoms with E-state index in [9.17, 15) is 4.79 Å². The van der Waals surface area contributed by atoms with Gasteiger partial charge >= 0.3 is 0 Å². The molecular weight excluding hydrogens is 330 g/mol. The summed E-state index contributed by atoms with van der Waals surface area (Å²) in [6, 6.07) is 7.72. The van der Waals surface area contributed by atoms with Gasteiger partial charge in [-0.3, -0.25) is 10.1 Å². The average molecular weight is 349 g/mol. The second kappa shape index (κ2) is 8.69. The van der Waals surface area contributed by atoms with E-state index in [0.29, 0.717) is 5.13 Å². The highest BCUT2D eigenvalue weighted by molar-refractivity contribution is 8.01. The molecule has 1 heterocycles. The molecular formula is C16H19N3O2S2. The topological polar surface area (TPSA) is 64.1 Å². The van der Waals surface area contributed by atoms with Crippen LogP contribution in [0.25, 0.3) is 0 Å². The Balaban J connectivity index is 1.94. The standard InChI is InChI=1S/C16H19N3O2S2/c1-4-10-22-16-19-18-15(23-16)17-14(20)11(3)21-13-9-7-6-8-12(13)5-2/h4,6-9,11H,1,5,10H2,2-3H3,(H,17,18,20). The van der Waals surface area contributed by atoms with Crippen LogP contribution >= 0.6 is 23.1 Å². The van der Waals surface area contributed by atoms with Crippen molar-refractivity contribution < 1.29 is 9.53 Å². The van der Waals surface area contributed by atoms with Crippen molar-refractivity contribution in [3.05, 3.63) is 42.5 Å². The molecule has 1 atom stereocenters. The number of aromatic nitrogens is 2. The van der Waals surface area contributed by atoms with Gasteiger partial charge in [-0.25, -0.2) is 0 Å². The van der Waals surface area contributed by atoms with Gasteiger partial charge in [-0.15, -0.1) is 16.8 Å². The lowest BCUT2D eigenvalue weighted by atomic mass is 10.1. The lowest BCUT2D eigenvalue weighted by Gasteiger charge is -2.15. The summed E-state index contributed by atoms with van der Waals surface area (Å²) < 4.78 is 6.56. The van der Waals surface area contributed by atoms with E-state index in [1.54, 1.807) is 13.0 Å². The van der Waals surface area contributed by atoms with Crippen molar-refractivity contribution in [2.45, 2.75) is 30.7 Å². The van der Waals surface area contributed by atoms with Crippen molar-refractivity contribution in [2.75, 3.05) is 11.1 Å². The molecule has 1 amide bonds. The molecule has 0 radical (unpaired) electrons. The minimum atomic E-state index is -0.615. The van der Waals surface area contributed by atoms with Crippen LogP contribution in [0.3, 0.4) is 0 Å². The first kappa shape index (κ1) is 17.5. The molecule has 0 bridgehead atoms. The van der Waals surface area contributed by atoms with Crippen LogP contribution in [0.5, 0.6) is 5.75 Å². The number of ether oxygens (including phenoxy) is 1. The first-order valence-corrected chi connectivity index (χ1v) is 9.06. The van der Waals surface area contributed by atoms with Gasteiger partial charge in [-0.2, -0.15) is 0 Å². The third-order valence-corrected chi connectivity index (χ3v) is 4.96. The lowest BCUT2D eigenvalue weighted by Crippen LogP contribution is -2.30. The molecule has 2 aromatic rings. The fourth-order valence-electron chi connectivity index (χ4n) is 1.81. The van der Waals surface area contributed by atoms with E-state index in [4.69, 9.17) is 4.74 Å². The van der Waals surface area contributed by atoms with Gasteiger partial charge in [0.15, 0.2) is 10.4 Å². The first-order valence-electron chi connectivity index (χ1n) is 7.26. The number of carbonyl (C=O) groups is 1. The molecule has 0 fully saturated rings. The van der Waals surface area contributed by atoms with Crippen molar-refractivity contribution in [3.8, 4) is 5.75 Å². The molecule has 7 heteroatoms. The minimum Gasteiger partial charge on any atom is -0.481 e. The number of nitrogens with zero attached hydrogens (tertiary/aromatic N) is 2. The van der Waals surface area contributed by atoms with Crippen LogP contribution in [0.2, 0.25) is 0 Å². The summed E-state index contributed by atoms with van der Waals surface area (Å²) in [6.45, 7) is 7.43. The Morgan fingerprint density at radius 1 is 1.48 bits per heavy atom. The number of carbonyl (C=O) groups excluding carboxylic acids is 1. The molecule has 0 saturated carbocycles. The van der Waals surface area contributed by atoms with Crippen molar-refractivity contribution >= 4 is 34.1 Å². The van der Waals surface area contributed by atoms with Crippen LogP contribution in [0, 0.1) is 0 Å².